The largest absolute Gasteiger partial charge is 0.372 e. The Hall–Kier alpha value is -1.10. The lowest BCUT2D eigenvalue weighted by molar-refractivity contribution is 0.353. The van der Waals surface area contributed by atoms with Crippen LogP contribution in [0.25, 0.3) is 0 Å². The van der Waals surface area contributed by atoms with Gasteiger partial charge in [0.1, 0.15) is 5.82 Å². The average molecular weight is 512 g/mol. The summed E-state index contributed by atoms with van der Waals surface area (Å²) < 4.78 is 37.3. The van der Waals surface area contributed by atoms with Crippen molar-refractivity contribution in [2.24, 2.45) is 4.99 Å². The Morgan fingerprint density at radius 3 is 2.63 bits per heavy atom. The molecule has 1 aliphatic rings. The van der Waals surface area contributed by atoms with Crippen molar-refractivity contribution in [2.45, 2.75) is 25.0 Å². The molecule has 0 bridgehead atoms. The minimum atomic E-state index is -3.07. The zero-order valence-corrected chi connectivity index (χ0v) is 19.6. The zero-order chi connectivity index (χ0) is 19.4. The Morgan fingerprint density at radius 2 is 2.04 bits per heavy atom. The van der Waals surface area contributed by atoms with Crippen LogP contribution in [-0.4, -0.2) is 70.1 Å². The highest BCUT2D eigenvalue weighted by Gasteiger charge is 2.40. The van der Waals surface area contributed by atoms with Gasteiger partial charge in [-0.15, -0.1) is 24.0 Å². The van der Waals surface area contributed by atoms with E-state index >= 15 is 0 Å². The fourth-order valence-corrected chi connectivity index (χ4v) is 4.42. The van der Waals surface area contributed by atoms with Crippen LogP contribution in [0.5, 0.6) is 0 Å². The number of rotatable bonds is 5. The number of hydrogen-bond acceptors (Lipinski definition) is 4. The number of nitrogens with one attached hydrogen (secondary N) is 1. The summed E-state index contributed by atoms with van der Waals surface area (Å²) in [6.07, 6.45) is 0.805. The van der Waals surface area contributed by atoms with E-state index in [2.05, 4.69) is 10.3 Å². The molecule has 0 amide bonds. The first-order valence-corrected chi connectivity index (χ1v) is 10.5. The first-order valence-electron chi connectivity index (χ1n) is 8.81. The minimum absolute atomic E-state index is 0. The number of anilines is 1. The van der Waals surface area contributed by atoms with E-state index in [0.29, 0.717) is 37.8 Å². The summed E-state index contributed by atoms with van der Waals surface area (Å²) in [5.74, 6) is 0.619. The number of para-hydroxylation sites is 1. The van der Waals surface area contributed by atoms with Crippen LogP contribution in [0.4, 0.5) is 10.1 Å². The summed E-state index contributed by atoms with van der Waals surface area (Å²) in [5, 5.41) is 3.29. The molecule has 0 spiro atoms. The molecule has 0 saturated carbocycles. The summed E-state index contributed by atoms with van der Waals surface area (Å²) in [5.41, 5.74) is 0.583. The number of aliphatic imine (C=N–C) groups is 1. The third-order valence-electron chi connectivity index (χ3n) is 4.77. The van der Waals surface area contributed by atoms with Crippen molar-refractivity contribution in [3.8, 4) is 0 Å². The first kappa shape index (κ1) is 23.9. The lowest BCUT2D eigenvalue weighted by Crippen LogP contribution is -2.57. The highest BCUT2D eigenvalue weighted by molar-refractivity contribution is 14.0. The maximum absolute atomic E-state index is 13.8. The van der Waals surface area contributed by atoms with Crippen molar-refractivity contribution in [1.82, 2.24) is 10.2 Å². The van der Waals surface area contributed by atoms with E-state index in [1.807, 2.05) is 22.9 Å². The fraction of sp³-hybridized carbons (Fsp3) is 0.611. The molecule has 1 heterocycles. The highest BCUT2D eigenvalue weighted by Crippen LogP contribution is 2.23. The highest BCUT2D eigenvalue weighted by atomic mass is 127. The van der Waals surface area contributed by atoms with Crippen LogP contribution in [-0.2, 0) is 9.84 Å². The predicted octanol–water partition coefficient (Wildman–Crippen LogP) is 2.35. The summed E-state index contributed by atoms with van der Waals surface area (Å²) in [7, 11) is 0.491. The van der Waals surface area contributed by atoms with Gasteiger partial charge in [-0.25, -0.2) is 12.8 Å². The van der Waals surface area contributed by atoms with Gasteiger partial charge in [-0.3, -0.25) is 4.99 Å². The lowest BCUT2D eigenvalue weighted by Gasteiger charge is -2.39. The molecular weight excluding hydrogens is 482 g/mol. The van der Waals surface area contributed by atoms with Crippen molar-refractivity contribution in [3.63, 3.8) is 0 Å². The van der Waals surface area contributed by atoms with Crippen LogP contribution in [0.3, 0.4) is 0 Å². The SMILES string of the molecule is CN=C(NCCCN(C)c1ccccc1F)N1CCS(=O)(=O)C(C)(C)C1.I. The normalized spacial score (nSPS) is 18.6. The Bertz CT molecular complexity index is 755. The average Bonchev–Trinajstić information content (AvgIpc) is 2.58. The molecule has 27 heavy (non-hydrogen) atoms. The third-order valence-corrected chi connectivity index (χ3v) is 7.30. The molecule has 0 atom stereocenters. The molecule has 1 aromatic rings. The minimum Gasteiger partial charge on any atom is -0.372 e. The van der Waals surface area contributed by atoms with Crippen LogP contribution in [0.15, 0.2) is 29.3 Å². The van der Waals surface area contributed by atoms with Crippen molar-refractivity contribution in [3.05, 3.63) is 30.1 Å². The van der Waals surface area contributed by atoms with Gasteiger partial charge in [0, 0.05) is 40.3 Å². The van der Waals surface area contributed by atoms with Crippen LogP contribution in [0.1, 0.15) is 20.3 Å². The van der Waals surface area contributed by atoms with Crippen LogP contribution >= 0.6 is 24.0 Å². The molecular formula is C18H30FIN4O2S. The quantitative estimate of drug-likeness (QED) is 0.284. The fourth-order valence-electron chi connectivity index (χ4n) is 3.05. The van der Waals surface area contributed by atoms with Crippen molar-refractivity contribution in [1.29, 1.82) is 0 Å². The topological polar surface area (TPSA) is 65.0 Å². The van der Waals surface area contributed by atoms with E-state index in [1.165, 1.54) is 6.07 Å². The van der Waals surface area contributed by atoms with Crippen molar-refractivity contribution < 1.29 is 12.8 Å². The van der Waals surface area contributed by atoms with Gasteiger partial charge in [-0.2, -0.15) is 0 Å². The van der Waals surface area contributed by atoms with Crippen LogP contribution in [0, 0.1) is 5.82 Å². The molecule has 1 fully saturated rings. The van der Waals surface area contributed by atoms with E-state index in [4.69, 9.17) is 0 Å². The summed E-state index contributed by atoms with van der Waals surface area (Å²) in [6, 6.07) is 6.72. The standard InChI is InChI=1S/C18H29FN4O2S.HI/c1-18(2)14-23(12-13-26(18,24)25)17(20-3)21-10-7-11-22(4)16-9-6-5-8-15(16)19;/h5-6,8-9H,7,10-14H2,1-4H3,(H,20,21);1H. The third kappa shape index (κ3) is 5.94. The number of sulfone groups is 1. The Kier molecular flexibility index (Phi) is 8.78. The van der Waals surface area contributed by atoms with Gasteiger partial charge in [-0.05, 0) is 32.4 Å². The Morgan fingerprint density at radius 1 is 1.37 bits per heavy atom. The molecule has 1 saturated heterocycles. The van der Waals surface area contributed by atoms with E-state index in [-0.39, 0.29) is 35.5 Å². The predicted molar refractivity (Wildman–Crippen MR) is 121 cm³/mol. The molecule has 0 aromatic heterocycles. The molecule has 1 N–H and O–H groups in total. The number of halogens is 2. The molecule has 6 nitrogen and oxygen atoms in total. The smallest absolute Gasteiger partial charge is 0.193 e. The summed E-state index contributed by atoms with van der Waals surface area (Å²) in [4.78, 5) is 8.15. The van der Waals surface area contributed by atoms with E-state index in [0.717, 1.165) is 6.42 Å². The molecule has 0 unspecified atom stereocenters. The molecule has 2 rings (SSSR count). The van der Waals surface area contributed by atoms with Gasteiger partial charge >= 0.3 is 0 Å². The monoisotopic (exact) mass is 512 g/mol. The first-order chi connectivity index (χ1) is 12.2. The van der Waals surface area contributed by atoms with E-state index in [1.54, 1.807) is 33.0 Å². The number of benzene rings is 1. The summed E-state index contributed by atoms with van der Waals surface area (Å²) in [6.45, 7) is 5.75. The second kappa shape index (κ2) is 9.90. The molecule has 1 aromatic carbocycles. The number of hydrogen-bond donors (Lipinski definition) is 1. The molecule has 0 radical (unpaired) electrons. The lowest BCUT2D eigenvalue weighted by atomic mass is 10.2. The van der Waals surface area contributed by atoms with Gasteiger partial charge in [0.05, 0.1) is 16.2 Å². The van der Waals surface area contributed by atoms with Gasteiger partial charge in [0.2, 0.25) is 0 Å². The molecule has 0 aliphatic carbocycles. The van der Waals surface area contributed by atoms with Gasteiger partial charge in [0.25, 0.3) is 0 Å². The van der Waals surface area contributed by atoms with E-state index < -0.39 is 14.6 Å². The summed E-state index contributed by atoms with van der Waals surface area (Å²) >= 11 is 0. The Balaban J connectivity index is 0.00000364. The second-order valence-electron chi connectivity index (χ2n) is 7.20. The van der Waals surface area contributed by atoms with Crippen molar-refractivity contribution in [2.75, 3.05) is 50.9 Å². The zero-order valence-electron chi connectivity index (χ0n) is 16.4. The van der Waals surface area contributed by atoms with Crippen LogP contribution in [0.2, 0.25) is 0 Å². The molecule has 1 aliphatic heterocycles. The number of nitrogens with zero attached hydrogens (tertiary/aromatic N) is 3. The van der Waals surface area contributed by atoms with Gasteiger partial charge < -0.3 is 15.1 Å². The Labute approximate surface area is 179 Å². The number of guanidine groups is 1. The van der Waals surface area contributed by atoms with Gasteiger partial charge in [-0.1, -0.05) is 12.1 Å². The molecule has 154 valence electrons. The second-order valence-corrected chi connectivity index (χ2v) is 9.94. The van der Waals surface area contributed by atoms with Crippen molar-refractivity contribution >= 4 is 45.5 Å². The maximum Gasteiger partial charge on any atom is 0.193 e. The van der Waals surface area contributed by atoms with Crippen LogP contribution < -0.4 is 10.2 Å². The maximum atomic E-state index is 13.8. The molecule has 9 heteroatoms. The van der Waals surface area contributed by atoms with E-state index in [9.17, 15) is 12.8 Å². The van der Waals surface area contributed by atoms with Gasteiger partial charge in [0.15, 0.2) is 15.8 Å².